The number of nitrogens with zero attached hydrogens (tertiary/aromatic N) is 2. The second-order valence-corrected chi connectivity index (χ2v) is 7.58. The summed E-state index contributed by atoms with van der Waals surface area (Å²) in [5.74, 6) is 0.530. The second-order valence-electron chi connectivity index (χ2n) is 6.50. The van der Waals surface area contributed by atoms with Crippen LogP contribution in [0.5, 0.6) is 0 Å². The first-order valence-corrected chi connectivity index (χ1v) is 9.52. The minimum atomic E-state index is -0.188. The fraction of sp³-hybridized carbons (Fsp3) is 0.0833. The Bertz CT molecular complexity index is 1480. The minimum Gasteiger partial charge on any atom is -0.233 e. The zero-order valence-electron chi connectivity index (χ0n) is 18.9. The molecule has 0 unspecified atom stereocenters. The van der Waals surface area contributed by atoms with Gasteiger partial charge in [-0.2, -0.15) is 0 Å². The number of aromatic nitrogens is 2. The van der Waals surface area contributed by atoms with E-state index < -0.39 is 0 Å². The minimum absolute atomic E-state index is 0.0641. The van der Waals surface area contributed by atoms with Crippen LogP contribution in [0.3, 0.4) is 0 Å². The van der Waals surface area contributed by atoms with E-state index in [9.17, 15) is 0 Å². The smallest absolute Gasteiger partial charge is 0.160 e. The number of fused-ring (bicyclic) bond motifs is 3. The Kier molecular flexibility index (Phi) is 2.88. The normalized spacial score (nSPS) is 13.4. The molecule has 0 amide bonds. The van der Waals surface area contributed by atoms with Gasteiger partial charge in [0.05, 0.1) is 11.2 Å². The molecular formula is C24H18N2S. The van der Waals surface area contributed by atoms with Gasteiger partial charge in [0.25, 0.3) is 0 Å². The van der Waals surface area contributed by atoms with E-state index >= 15 is 0 Å². The third-order valence-corrected chi connectivity index (χ3v) is 5.64. The predicted octanol–water partition coefficient (Wildman–Crippen LogP) is 6.80. The van der Waals surface area contributed by atoms with Gasteiger partial charge in [0, 0.05) is 37.0 Å². The first-order chi connectivity index (χ1) is 14.9. The van der Waals surface area contributed by atoms with Crippen molar-refractivity contribution in [2.24, 2.45) is 0 Å². The fourth-order valence-electron chi connectivity index (χ4n) is 3.34. The van der Waals surface area contributed by atoms with Gasteiger partial charge < -0.3 is 0 Å². The van der Waals surface area contributed by atoms with E-state index in [1.54, 1.807) is 24.3 Å². The fourth-order valence-corrected chi connectivity index (χ4v) is 4.48. The van der Waals surface area contributed by atoms with E-state index in [-0.39, 0.29) is 29.7 Å². The molecule has 5 aromatic rings. The van der Waals surface area contributed by atoms with Crippen LogP contribution in [-0.4, -0.2) is 9.97 Å². The van der Waals surface area contributed by atoms with Crippen molar-refractivity contribution in [1.82, 2.24) is 9.97 Å². The molecular weight excluding hydrogens is 348 g/mol. The summed E-state index contributed by atoms with van der Waals surface area (Å²) in [7, 11) is 0. The van der Waals surface area contributed by atoms with Crippen molar-refractivity contribution in [3.63, 3.8) is 0 Å². The van der Waals surface area contributed by atoms with Crippen molar-refractivity contribution >= 4 is 31.5 Å². The van der Waals surface area contributed by atoms with Gasteiger partial charge in [-0.3, -0.25) is 0 Å². The van der Waals surface area contributed by atoms with Crippen LogP contribution in [0.25, 0.3) is 42.8 Å². The standard InChI is InChI=1S/C24H18N2S/c1-15-7-5-8-17(13-15)20-14-16(2)25-24(26-20)19-10-6-12-22-23(19)18-9-3-4-11-21(18)27-22/h3-14H,1-2H3/i5D,7D,8D,13D. The van der Waals surface area contributed by atoms with Crippen molar-refractivity contribution in [2.75, 3.05) is 0 Å². The summed E-state index contributed by atoms with van der Waals surface area (Å²) < 4.78 is 35.3. The monoisotopic (exact) mass is 370 g/mol. The molecule has 0 aliphatic heterocycles. The molecule has 5 rings (SSSR count). The maximum Gasteiger partial charge on any atom is 0.160 e. The first-order valence-electron chi connectivity index (χ1n) is 10.7. The van der Waals surface area contributed by atoms with Crippen LogP contribution in [0, 0.1) is 13.8 Å². The summed E-state index contributed by atoms with van der Waals surface area (Å²) in [6.45, 7) is 3.50. The van der Waals surface area contributed by atoms with Gasteiger partial charge in [0.15, 0.2) is 5.82 Å². The third-order valence-electron chi connectivity index (χ3n) is 4.50. The summed E-state index contributed by atoms with van der Waals surface area (Å²) in [5, 5.41) is 2.24. The van der Waals surface area contributed by atoms with Crippen LogP contribution in [0.2, 0.25) is 0 Å². The molecule has 0 atom stereocenters. The Morgan fingerprint density at radius 2 is 1.78 bits per heavy atom. The molecule has 0 bridgehead atoms. The highest BCUT2D eigenvalue weighted by atomic mass is 32.1. The predicted molar refractivity (Wildman–Crippen MR) is 115 cm³/mol. The highest BCUT2D eigenvalue weighted by Crippen LogP contribution is 2.39. The van der Waals surface area contributed by atoms with E-state index in [1.807, 2.05) is 31.2 Å². The average Bonchev–Trinajstić information content (AvgIpc) is 3.15. The molecule has 27 heavy (non-hydrogen) atoms. The van der Waals surface area contributed by atoms with E-state index in [0.29, 0.717) is 17.1 Å². The van der Waals surface area contributed by atoms with Crippen LogP contribution in [0.4, 0.5) is 0 Å². The lowest BCUT2D eigenvalue weighted by Crippen LogP contribution is -1.95. The Morgan fingerprint density at radius 1 is 0.926 bits per heavy atom. The van der Waals surface area contributed by atoms with Gasteiger partial charge in [-0.15, -0.1) is 11.3 Å². The SMILES string of the molecule is [2H]c1c([2H])c(C)c([2H])c(-c2cc(C)nc(-c3cccc4sc5ccccc5c34)n2)c1[2H]. The van der Waals surface area contributed by atoms with Crippen LogP contribution in [0.15, 0.2) is 72.7 Å². The maximum absolute atomic E-state index is 8.49. The molecule has 0 radical (unpaired) electrons. The van der Waals surface area contributed by atoms with Crippen molar-refractivity contribution in [3.8, 4) is 22.6 Å². The second kappa shape index (κ2) is 6.29. The zero-order chi connectivity index (χ0) is 21.9. The quantitative estimate of drug-likeness (QED) is 0.342. The average molecular weight is 371 g/mol. The molecule has 130 valence electrons. The highest BCUT2D eigenvalue weighted by molar-refractivity contribution is 7.25. The molecule has 2 heterocycles. The summed E-state index contributed by atoms with van der Waals surface area (Å²) in [5.41, 5.74) is 2.70. The topological polar surface area (TPSA) is 25.8 Å². The Hall–Kier alpha value is -3.04. The van der Waals surface area contributed by atoms with Gasteiger partial charge >= 0.3 is 0 Å². The first kappa shape index (κ1) is 12.4. The van der Waals surface area contributed by atoms with Crippen molar-refractivity contribution in [3.05, 3.63) is 84.0 Å². The van der Waals surface area contributed by atoms with Gasteiger partial charge in [-0.25, -0.2) is 9.97 Å². The lowest BCUT2D eigenvalue weighted by Gasteiger charge is -2.08. The Balaban J connectivity index is 1.81. The number of rotatable bonds is 2. The van der Waals surface area contributed by atoms with Gasteiger partial charge in [-0.05, 0) is 38.1 Å². The van der Waals surface area contributed by atoms with Crippen LogP contribution in [0.1, 0.15) is 16.7 Å². The highest BCUT2D eigenvalue weighted by Gasteiger charge is 2.14. The maximum atomic E-state index is 8.49. The number of hydrogen-bond donors (Lipinski definition) is 0. The molecule has 3 heteroatoms. The summed E-state index contributed by atoms with van der Waals surface area (Å²) in [4.78, 5) is 9.43. The van der Waals surface area contributed by atoms with E-state index in [2.05, 4.69) is 23.2 Å². The lowest BCUT2D eigenvalue weighted by atomic mass is 10.0. The largest absolute Gasteiger partial charge is 0.233 e. The van der Waals surface area contributed by atoms with E-state index in [4.69, 9.17) is 10.5 Å². The zero-order valence-corrected chi connectivity index (χ0v) is 15.7. The molecule has 2 aromatic heterocycles. The van der Waals surface area contributed by atoms with Crippen LogP contribution in [-0.2, 0) is 0 Å². The molecule has 2 nitrogen and oxygen atoms in total. The number of aryl methyl sites for hydroxylation is 1. The summed E-state index contributed by atoms with van der Waals surface area (Å²) >= 11 is 1.72. The summed E-state index contributed by atoms with van der Waals surface area (Å²) in [6.07, 6.45) is 0. The van der Waals surface area contributed by atoms with Crippen molar-refractivity contribution in [1.29, 1.82) is 0 Å². The third kappa shape index (κ3) is 2.81. The molecule has 0 saturated heterocycles. The van der Waals surface area contributed by atoms with E-state index in [1.165, 1.54) is 4.70 Å². The number of benzene rings is 3. The Labute approximate surface area is 167 Å². The van der Waals surface area contributed by atoms with Crippen LogP contribution < -0.4 is 0 Å². The summed E-state index contributed by atoms with van der Waals surface area (Å²) in [6, 6.07) is 15.7. The van der Waals surface area contributed by atoms with Crippen molar-refractivity contribution < 1.29 is 5.48 Å². The van der Waals surface area contributed by atoms with Gasteiger partial charge in [-0.1, -0.05) is 54.0 Å². The van der Waals surface area contributed by atoms with Gasteiger partial charge in [0.2, 0.25) is 0 Å². The molecule has 0 saturated carbocycles. The lowest BCUT2D eigenvalue weighted by molar-refractivity contribution is 1.12. The number of hydrogen-bond acceptors (Lipinski definition) is 3. The van der Waals surface area contributed by atoms with Crippen LogP contribution >= 0.6 is 11.3 Å². The molecule has 0 aliphatic rings. The van der Waals surface area contributed by atoms with E-state index in [0.717, 1.165) is 26.7 Å². The molecule has 0 N–H and O–H groups in total. The molecule has 0 aliphatic carbocycles. The molecule has 0 fully saturated rings. The van der Waals surface area contributed by atoms with Crippen molar-refractivity contribution in [2.45, 2.75) is 13.8 Å². The number of thiophene rings is 1. The Morgan fingerprint density at radius 3 is 2.70 bits per heavy atom. The van der Waals surface area contributed by atoms with Gasteiger partial charge in [0.1, 0.15) is 0 Å². The molecule has 0 spiro atoms. The molecule has 3 aromatic carbocycles.